The van der Waals surface area contributed by atoms with Crippen LogP contribution in [0, 0.1) is 5.92 Å². The molecule has 0 aromatic heterocycles. The Kier molecular flexibility index (Phi) is 7.92. The molecule has 4 atom stereocenters. The summed E-state index contributed by atoms with van der Waals surface area (Å²) in [5, 5.41) is 1.65. The van der Waals surface area contributed by atoms with E-state index in [2.05, 4.69) is 43.9 Å². The van der Waals surface area contributed by atoms with Crippen molar-refractivity contribution in [1.29, 1.82) is 0 Å². The number of hydrogen-bond donors (Lipinski definition) is 0. The predicted octanol–water partition coefficient (Wildman–Crippen LogP) is 8.13. The van der Waals surface area contributed by atoms with Crippen molar-refractivity contribution in [3.8, 4) is 0 Å². The van der Waals surface area contributed by atoms with Gasteiger partial charge >= 0.3 is 0 Å². The molecule has 3 saturated carbocycles. The van der Waals surface area contributed by atoms with Gasteiger partial charge in [0, 0.05) is 0 Å². The lowest BCUT2D eigenvalue weighted by molar-refractivity contribution is 0.466. The molecule has 0 N–H and O–H groups in total. The fraction of sp³-hybridized carbons (Fsp3) is 0.769. The third kappa shape index (κ3) is 4.86. The highest BCUT2D eigenvalue weighted by Crippen LogP contribution is 2.64. The van der Waals surface area contributed by atoms with Gasteiger partial charge in [-0.25, -0.2) is 0 Å². The molecule has 3 aliphatic carbocycles. The molecule has 0 spiro atoms. The summed E-state index contributed by atoms with van der Waals surface area (Å²) in [4.78, 5) is 0. The van der Waals surface area contributed by atoms with E-state index in [1.807, 2.05) is 0 Å². The Morgan fingerprint density at radius 3 is 1.86 bits per heavy atom. The Balaban J connectivity index is 1.53. The average molecular weight is 417 g/mol. The van der Waals surface area contributed by atoms with Gasteiger partial charge in [-0.05, 0) is 79.0 Å². The zero-order chi connectivity index (χ0) is 19.3. The van der Waals surface area contributed by atoms with Crippen LogP contribution >= 0.6 is 15.8 Å². The molecule has 3 unspecified atom stereocenters. The van der Waals surface area contributed by atoms with Crippen LogP contribution in [-0.2, 0) is 0 Å². The van der Waals surface area contributed by atoms with Gasteiger partial charge in [-0.1, -0.05) is 98.0 Å². The summed E-state index contributed by atoms with van der Waals surface area (Å²) < 4.78 is 0. The van der Waals surface area contributed by atoms with Gasteiger partial charge in [0.15, 0.2) is 0 Å². The molecule has 1 aromatic rings. The molecule has 3 fully saturated rings. The summed E-state index contributed by atoms with van der Waals surface area (Å²) in [7, 11) is 0.223. The molecule has 0 radical (unpaired) electrons. The molecular weight excluding hydrogens is 374 g/mol. The minimum Gasteiger partial charge on any atom is -0.0971 e. The van der Waals surface area contributed by atoms with Crippen molar-refractivity contribution >= 4 is 21.1 Å². The largest absolute Gasteiger partial charge is 0.0971 e. The topological polar surface area (TPSA) is 0 Å². The van der Waals surface area contributed by atoms with Crippen molar-refractivity contribution < 1.29 is 0 Å². The summed E-state index contributed by atoms with van der Waals surface area (Å²) in [6.07, 6.45) is 20.0. The van der Waals surface area contributed by atoms with Gasteiger partial charge in [0.1, 0.15) is 0 Å². The first-order valence-corrected chi connectivity index (χ1v) is 15.7. The number of rotatable bonds is 6. The van der Waals surface area contributed by atoms with Crippen LogP contribution in [0.2, 0.25) is 0 Å². The lowest BCUT2D eigenvalue weighted by atomic mass is 9.99. The van der Waals surface area contributed by atoms with E-state index in [0.717, 1.165) is 28.6 Å². The molecule has 2 heteroatoms. The van der Waals surface area contributed by atoms with Crippen LogP contribution in [0.1, 0.15) is 90.4 Å². The second kappa shape index (κ2) is 10.4. The second-order valence-corrected chi connectivity index (χ2v) is 15.5. The molecule has 0 nitrogen and oxygen atoms in total. The SMILES string of the molecule is C[C@H](C1CCCC1P(C)c1ccccc1)P(C1CCCCC1)C1CCCCC1. The molecule has 1 aromatic carbocycles. The van der Waals surface area contributed by atoms with Crippen LogP contribution < -0.4 is 5.30 Å². The summed E-state index contributed by atoms with van der Waals surface area (Å²) in [5.74, 6) is 1.02. The van der Waals surface area contributed by atoms with E-state index in [-0.39, 0.29) is 15.8 Å². The van der Waals surface area contributed by atoms with Crippen LogP contribution in [0.4, 0.5) is 0 Å². The van der Waals surface area contributed by atoms with Crippen molar-refractivity contribution in [2.75, 3.05) is 6.66 Å². The van der Waals surface area contributed by atoms with Crippen LogP contribution in [0.3, 0.4) is 0 Å². The first-order chi connectivity index (χ1) is 13.8. The van der Waals surface area contributed by atoms with Crippen molar-refractivity contribution in [1.82, 2.24) is 0 Å². The third-order valence-electron chi connectivity index (χ3n) is 8.28. The lowest BCUT2D eigenvalue weighted by Gasteiger charge is -2.45. The zero-order valence-electron chi connectivity index (χ0n) is 18.4. The van der Waals surface area contributed by atoms with Gasteiger partial charge in [-0.2, -0.15) is 0 Å². The maximum atomic E-state index is 2.74. The highest BCUT2D eigenvalue weighted by molar-refractivity contribution is 7.65. The van der Waals surface area contributed by atoms with Crippen LogP contribution in [0.15, 0.2) is 30.3 Å². The minimum absolute atomic E-state index is 0.00217. The Morgan fingerprint density at radius 2 is 1.29 bits per heavy atom. The second-order valence-electron chi connectivity index (χ2n) is 9.88. The van der Waals surface area contributed by atoms with Crippen molar-refractivity contribution in [3.05, 3.63) is 30.3 Å². The first kappa shape index (κ1) is 21.3. The van der Waals surface area contributed by atoms with Crippen molar-refractivity contribution in [3.63, 3.8) is 0 Å². The molecule has 0 heterocycles. The van der Waals surface area contributed by atoms with E-state index in [1.54, 1.807) is 31.0 Å². The molecule has 156 valence electrons. The fourth-order valence-electron chi connectivity index (χ4n) is 6.81. The number of hydrogen-bond acceptors (Lipinski definition) is 0. The predicted molar refractivity (Wildman–Crippen MR) is 130 cm³/mol. The molecule has 3 aliphatic rings. The molecule has 28 heavy (non-hydrogen) atoms. The van der Waals surface area contributed by atoms with Crippen LogP contribution in [0.25, 0.3) is 0 Å². The van der Waals surface area contributed by atoms with E-state index in [9.17, 15) is 0 Å². The van der Waals surface area contributed by atoms with Gasteiger partial charge in [0.2, 0.25) is 0 Å². The molecular formula is C26H42P2. The van der Waals surface area contributed by atoms with Crippen LogP contribution in [0.5, 0.6) is 0 Å². The monoisotopic (exact) mass is 416 g/mol. The molecule has 0 amide bonds. The number of benzene rings is 1. The Hall–Kier alpha value is 0.0800. The van der Waals surface area contributed by atoms with Crippen molar-refractivity contribution in [2.24, 2.45) is 5.92 Å². The average Bonchev–Trinajstić information content (AvgIpc) is 3.25. The lowest BCUT2D eigenvalue weighted by Crippen LogP contribution is -2.32. The smallest absolute Gasteiger partial charge is 0.0137 e. The summed E-state index contributed by atoms with van der Waals surface area (Å²) in [5.41, 5.74) is 4.23. The summed E-state index contributed by atoms with van der Waals surface area (Å²) in [6.45, 7) is 5.34. The van der Waals surface area contributed by atoms with Gasteiger partial charge in [-0.15, -0.1) is 0 Å². The fourth-order valence-corrected chi connectivity index (χ4v) is 14.2. The maximum absolute atomic E-state index is 2.74. The van der Waals surface area contributed by atoms with E-state index in [0.29, 0.717) is 0 Å². The first-order valence-electron chi connectivity index (χ1n) is 12.3. The molecule has 0 saturated heterocycles. The normalized spacial score (nSPS) is 29.8. The Morgan fingerprint density at radius 1 is 0.714 bits per heavy atom. The maximum Gasteiger partial charge on any atom is -0.0137 e. The van der Waals surface area contributed by atoms with Crippen molar-refractivity contribution in [2.45, 2.75) is 113 Å². The van der Waals surface area contributed by atoms with Gasteiger partial charge in [0.25, 0.3) is 0 Å². The van der Waals surface area contributed by atoms with Crippen LogP contribution in [-0.4, -0.2) is 29.3 Å². The van der Waals surface area contributed by atoms with E-state index >= 15 is 0 Å². The highest BCUT2D eigenvalue weighted by Gasteiger charge is 2.42. The summed E-state index contributed by atoms with van der Waals surface area (Å²) >= 11 is 0. The van der Waals surface area contributed by atoms with E-state index in [4.69, 9.17) is 0 Å². The van der Waals surface area contributed by atoms with Gasteiger partial charge in [-0.3, -0.25) is 0 Å². The molecule has 0 aliphatic heterocycles. The molecule has 0 bridgehead atoms. The quantitative estimate of drug-likeness (QED) is 0.411. The standard InChI is InChI=1S/C26H42P2/c1-21(25-19-12-20-26(25)27(2)22-13-6-3-7-14-22)28(23-15-8-4-9-16-23)24-17-10-5-11-18-24/h3,6-7,13-14,21,23-26H,4-5,8-12,15-20H2,1-2H3/t21-,25?,26?,27?/m1/s1. The van der Waals surface area contributed by atoms with E-state index in [1.165, 1.54) is 57.8 Å². The van der Waals surface area contributed by atoms with Gasteiger partial charge in [0.05, 0.1) is 0 Å². The highest BCUT2D eigenvalue weighted by atomic mass is 31.1. The Bertz CT molecular complexity index is 555. The summed E-state index contributed by atoms with van der Waals surface area (Å²) in [6, 6.07) is 11.5. The Labute approximate surface area is 177 Å². The molecule has 4 rings (SSSR count). The zero-order valence-corrected chi connectivity index (χ0v) is 20.1. The van der Waals surface area contributed by atoms with E-state index < -0.39 is 0 Å². The minimum atomic E-state index is 0.00217. The van der Waals surface area contributed by atoms with Gasteiger partial charge < -0.3 is 0 Å². The third-order valence-corrected chi connectivity index (χ3v) is 15.1.